The molecule has 0 bridgehead atoms. The Morgan fingerprint density at radius 3 is 1.75 bits per heavy atom. The fraction of sp³-hybridized carbons (Fsp3) is 0.700. The van der Waals surface area contributed by atoms with Crippen LogP contribution in [-0.2, 0) is 9.59 Å². The van der Waals surface area contributed by atoms with Gasteiger partial charge in [0.2, 0.25) is 11.8 Å². The summed E-state index contributed by atoms with van der Waals surface area (Å²) < 4.78 is 0. The summed E-state index contributed by atoms with van der Waals surface area (Å²) in [5.74, 6) is -1.04. The summed E-state index contributed by atoms with van der Waals surface area (Å²) in [6, 6.07) is -0.728. The van der Waals surface area contributed by atoms with Crippen LogP contribution >= 0.6 is 0 Å². The van der Waals surface area contributed by atoms with Gasteiger partial charge in [-0.25, -0.2) is 4.79 Å². The Morgan fingerprint density at radius 2 is 1.44 bits per heavy atom. The van der Waals surface area contributed by atoms with Crippen molar-refractivity contribution in [3.63, 3.8) is 0 Å². The van der Waals surface area contributed by atoms with Crippen LogP contribution in [0.1, 0.15) is 33.6 Å². The molecule has 1 fully saturated rings. The van der Waals surface area contributed by atoms with Gasteiger partial charge in [0.05, 0.1) is 0 Å². The molecular weight excluding hydrogens is 219 g/mol. The van der Waals surface area contributed by atoms with Gasteiger partial charge in [-0.1, -0.05) is 26.7 Å². The number of carbonyl (C=O) groups is 3. The van der Waals surface area contributed by atoms with Crippen LogP contribution in [0.5, 0.6) is 0 Å². The van der Waals surface area contributed by atoms with E-state index in [1.807, 2.05) is 13.8 Å². The van der Waals surface area contributed by atoms with E-state index in [0.29, 0.717) is 0 Å². The van der Waals surface area contributed by atoms with E-state index in [4.69, 9.17) is 0 Å². The number of urea groups is 1. The Labute approximate surface area is 117 Å². The first-order chi connectivity index (χ1) is 6.96. The zero-order valence-corrected chi connectivity index (χ0v) is 12.2. The smallest absolute Gasteiger partial charge is 0.277 e. The van der Waals surface area contributed by atoms with Crippen molar-refractivity contribution in [3.8, 4) is 0 Å². The van der Waals surface area contributed by atoms with Gasteiger partial charge >= 0.3 is 35.6 Å². The van der Waals surface area contributed by atoms with Gasteiger partial charge in [-0.2, -0.15) is 0 Å². The molecule has 6 heteroatoms. The van der Waals surface area contributed by atoms with Gasteiger partial charge in [0.1, 0.15) is 5.41 Å². The van der Waals surface area contributed by atoms with Gasteiger partial charge in [-0.15, -0.1) is 0 Å². The average Bonchev–Trinajstić information content (AvgIpc) is 2.16. The number of carbonyl (C=O) groups excluding carboxylic acids is 3. The van der Waals surface area contributed by atoms with Crippen molar-refractivity contribution in [1.82, 2.24) is 10.6 Å². The molecule has 0 aromatic carbocycles. The number of amides is 4. The summed E-state index contributed by atoms with van der Waals surface area (Å²) in [5.41, 5.74) is -1.13. The van der Waals surface area contributed by atoms with Crippen LogP contribution in [0.4, 0.5) is 4.79 Å². The second kappa shape index (κ2) is 5.80. The monoisotopic (exact) mass is 235 g/mol. The van der Waals surface area contributed by atoms with Crippen LogP contribution in [0.25, 0.3) is 0 Å². The Bertz CT molecular complexity index is 293. The summed E-state index contributed by atoms with van der Waals surface area (Å²) in [7, 11) is 0. The zero-order chi connectivity index (χ0) is 11.6. The van der Waals surface area contributed by atoms with Crippen molar-refractivity contribution in [2.75, 3.05) is 0 Å². The van der Waals surface area contributed by atoms with Crippen LogP contribution in [0.2, 0.25) is 0 Å². The quantitative estimate of drug-likeness (QED) is 0.430. The maximum absolute atomic E-state index is 11.7. The fourth-order valence-corrected chi connectivity index (χ4v) is 2.08. The molecule has 5 nitrogen and oxygen atoms in total. The molecule has 0 saturated carbocycles. The normalized spacial score (nSPS) is 18.9. The largest absolute Gasteiger partial charge is 1.00 e. The summed E-state index contributed by atoms with van der Waals surface area (Å²) in [6.07, 6.45) is 1.45. The third kappa shape index (κ3) is 2.47. The SMILES string of the molecule is CCC(CC)C1(C)C(=O)NC(=O)NC1=O.[Na+]. The Morgan fingerprint density at radius 1 is 1.06 bits per heavy atom. The van der Waals surface area contributed by atoms with Crippen molar-refractivity contribution in [2.24, 2.45) is 11.3 Å². The molecular formula is C10H16N2NaO3+. The van der Waals surface area contributed by atoms with Gasteiger partial charge in [0.15, 0.2) is 0 Å². The van der Waals surface area contributed by atoms with Crippen molar-refractivity contribution in [1.29, 1.82) is 0 Å². The molecule has 0 radical (unpaired) electrons. The fourth-order valence-electron chi connectivity index (χ4n) is 2.08. The van der Waals surface area contributed by atoms with Crippen molar-refractivity contribution < 1.29 is 43.9 Å². The molecule has 0 atom stereocenters. The van der Waals surface area contributed by atoms with Crippen molar-refractivity contribution in [3.05, 3.63) is 0 Å². The van der Waals surface area contributed by atoms with E-state index in [9.17, 15) is 14.4 Å². The second-order valence-electron chi connectivity index (χ2n) is 3.95. The summed E-state index contributed by atoms with van der Waals surface area (Å²) in [4.78, 5) is 34.3. The third-order valence-corrected chi connectivity index (χ3v) is 3.20. The first kappa shape index (κ1) is 15.6. The van der Waals surface area contributed by atoms with Crippen LogP contribution in [0, 0.1) is 11.3 Å². The Hall–Kier alpha value is -0.390. The minimum Gasteiger partial charge on any atom is -0.277 e. The van der Waals surface area contributed by atoms with Gasteiger partial charge < -0.3 is 0 Å². The molecule has 0 aromatic rings. The second-order valence-corrected chi connectivity index (χ2v) is 3.95. The van der Waals surface area contributed by atoms with E-state index in [1.54, 1.807) is 6.92 Å². The number of rotatable bonds is 3. The number of hydrogen-bond acceptors (Lipinski definition) is 3. The van der Waals surface area contributed by atoms with Gasteiger partial charge in [0.25, 0.3) is 0 Å². The first-order valence-electron chi connectivity index (χ1n) is 5.13. The third-order valence-electron chi connectivity index (χ3n) is 3.20. The Kier molecular flexibility index (Phi) is 5.65. The molecule has 2 N–H and O–H groups in total. The first-order valence-corrected chi connectivity index (χ1v) is 5.13. The van der Waals surface area contributed by atoms with Gasteiger partial charge in [-0.3, -0.25) is 20.2 Å². The predicted octanol–water partition coefficient (Wildman–Crippen LogP) is -2.20. The number of hydrogen-bond donors (Lipinski definition) is 2. The maximum atomic E-state index is 11.7. The zero-order valence-electron chi connectivity index (χ0n) is 10.2. The molecule has 0 aromatic heterocycles. The van der Waals surface area contributed by atoms with E-state index in [2.05, 4.69) is 10.6 Å². The van der Waals surface area contributed by atoms with Crippen LogP contribution in [-0.4, -0.2) is 17.8 Å². The average molecular weight is 235 g/mol. The van der Waals surface area contributed by atoms with Gasteiger partial charge in [0, 0.05) is 0 Å². The molecule has 1 rings (SSSR count). The molecule has 0 spiro atoms. The minimum atomic E-state index is -1.13. The van der Waals surface area contributed by atoms with E-state index < -0.39 is 23.3 Å². The van der Waals surface area contributed by atoms with E-state index in [1.165, 1.54) is 0 Å². The minimum absolute atomic E-state index is 0. The molecule has 1 saturated heterocycles. The van der Waals surface area contributed by atoms with E-state index >= 15 is 0 Å². The molecule has 4 amide bonds. The van der Waals surface area contributed by atoms with Crippen LogP contribution < -0.4 is 40.2 Å². The van der Waals surface area contributed by atoms with E-state index in [-0.39, 0.29) is 35.5 Å². The van der Waals surface area contributed by atoms with Gasteiger partial charge in [-0.05, 0) is 12.8 Å². The summed E-state index contributed by atoms with van der Waals surface area (Å²) >= 11 is 0. The molecule has 1 aliphatic rings. The van der Waals surface area contributed by atoms with Crippen LogP contribution in [0.3, 0.4) is 0 Å². The molecule has 84 valence electrons. The summed E-state index contributed by atoms with van der Waals surface area (Å²) in [5, 5.41) is 4.28. The topological polar surface area (TPSA) is 75.3 Å². The molecule has 1 aliphatic heterocycles. The van der Waals surface area contributed by atoms with Crippen molar-refractivity contribution in [2.45, 2.75) is 33.6 Å². The molecule has 16 heavy (non-hydrogen) atoms. The standard InChI is InChI=1S/C10H16N2O3.Na/c1-4-6(5-2)10(3)7(13)11-9(15)12-8(10)14;/h6H,4-5H2,1-3H3,(H2,11,12,13,14,15);/q;+1. The molecule has 0 aliphatic carbocycles. The Balaban J connectivity index is 0.00000225. The summed E-state index contributed by atoms with van der Waals surface area (Å²) in [6.45, 7) is 5.44. The number of nitrogens with one attached hydrogen (secondary N) is 2. The maximum Gasteiger partial charge on any atom is 1.00 e. The number of imide groups is 2. The van der Waals surface area contributed by atoms with Crippen molar-refractivity contribution >= 4 is 17.8 Å². The number of barbiturate groups is 1. The van der Waals surface area contributed by atoms with Crippen LogP contribution in [0.15, 0.2) is 0 Å². The molecule has 0 unspecified atom stereocenters. The molecule has 1 heterocycles. The van der Waals surface area contributed by atoms with E-state index in [0.717, 1.165) is 12.8 Å². The predicted molar refractivity (Wildman–Crippen MR) is 53.9 cm³/mol.